The lowest BCUT2D eigenvalue weighted by molar-refractivity contribution is -0.124. The minimum absolute atomic E-state index is 0.00746. The van der Waals surface area contributed by atoms with E-state index >= 15 is 0 Å². The smallest absolute Gasteiger partial charge is 0.321 e. The number of nitrogens with zero attached hydrogens (tertiary/aromatic N) is 1. The highest BCUT2D eigenvalue weighted by molar-refractivity contribution is 6.35. The molecule has 1 saturated carbocycles. The summed E-state index contributed by atoms with van der Waals surface area (Å²) in [5, 5.41) is 8.64. The summed E-state index contributed by atoms with van der Waals surface area (Å²) in [6.07, 6.45) is 3.34. The summed E-state index contributed by atoms with van der Waals surface area (Å²) in [5.41, 5.74) is 0.507. The first-order chi connectivity index (χ1) is 12.4. The zero-order chi connectivity index (χ0) is 18.7. The average molecular weight is 399 g/mol. The van der Waals surface area contributed by atoms with E-state index in [9.17, 15) is 14.4 Å². The van der Waals surface area contributed by atoms with Crippen LogP contribution in [-0.4, -0.2) is 47.9 Å². The number of carbonyl (C=O) groups is 3. The molecule has 1 atom stereocenters. The van der Waals surface area contributed by atoms with E-state index in [4.69, 9.17) is 23.2 Å². The molecule has 0 unspecified atom stereocenters. The van der Waals surface area contributed by atoms with E-state index in [1.807, 2.05) is 0 Å². The minimum Gasteiger partial charge on any atom is -0.335 e. The first kappa shape index (κ1) is 18.9. The van der Waals surface area contributed by atoms with Crippen molar-refractivity contribution in [3.63, 3.8) is 0 Å². The summed E-state index contributed by atoms with van der Waals surface area (Å²) in [5.74, 6) is -0.648. The van der Waals surface area contributed by atoms with E-state index in [1.165, 1.54) is 0 Å². The highest BCUT2D eigenvalue weighted by atomic mass is 35.5. The minimum atomic E-state index is -0.480. The van der Waals surface area contributed by atoms with Gasteiger partial charge in [-0.05, 0) is 50.4 Å². The maximum atomic E-state index is 12.6. The second-order valence-electron chi connectivity index (χ2n) is 6.57. The summed E-state index contributed by atoms with van der Waals surface area (Å²) in [6, 6.07) is 4.06. The van der Waals surface area contributed by atoms with Crippen LogP contribution in [0.4, 0.5) is 10.5 Å². The van der Waals surface area contributed by atoms with Gasteiger partial charge < -0.3 is 10.6 Å². The van der Waals surface area contributed by atoms with Crippen LogP contribution in [0, 0.1) is 0 Å². The van der Waals surface area contributed by atoms with E-state index in [-0.39, 0.29) is 18.5 Å². The SMILES string of the molecule is O=C(CN1CCC[C@H]1C(=O)Nc1cc(Cl)cc(Cl)c1)NC(=O)NC1CC1. The van der Waals surface area contributed by atoms with Crippen molar-refractivity contribution in [3.8, 4) is 0 Å². The van der Waals surface area contributed by atoms with Gasteiger partial charge in [0.1, 0.15) is 0 Å². The quantitative estimate of drug-likeness (QED) is 0.709. The fourth-order valence-electron chi connectivity index (χ4n) is 2.96. The molecule has 0 spiro atoms. The molecule has 9 heteroatoms. The highest BCUT2D eigenvalue weighted by Crippen LogP contribution is 2.24. The summed E-state index contributed by atoms with van der Waals surface area (Å²) < 4.78 is 0. The van der Waals surface area contributed by atoms with Crippen LogP contribution in [0.3, 0.4) is 0 Å². The maximum absolute atomic E-state index is 12.6. The van der Waals surface area contributed by atoms with Gasteiger partial charge in [-0.1, -0.05) is 23.2 Å². The Labute approximate surface area is 161 Å². The molecule has 2 fully saturated rings. The Morgan fingerprint density at radius 3 is 2.42 bits per heavy atom. The van der Waals surface area contributed by atoms with E-state index in [0.717, 1.165) is 19.3 Å². The zero-order valence-corrected chi connectivity index (χ0v) is 15.6. The molecule has 1 aliphatic heterocycles. The number of imide groups is 1. The molecule has 3 N–H and O–H groups in total. The Hall–Kier alpha value is -1.83. The number of nitrogens with one attached hydrogen (secondary N) is 3. The molecule has 1 aromatic rings. The first-order valence-corrected chi connectivity index (χ1v) is 9.27. The van der Waals surface area contributed by atoms with Crippen LogP contribution in [-0.2, 0) is 9.59 Å². The van der Waals surface area contributed by atoms with Crippen LogP contribution in [0.25, 0.3) is 0 Å². The van der Waals surface area contributed by atoms with Gasteiger partial charge in [-0.3, -0.25) is 19.8 Å². The number of rotatable bonds is 5. The third-order valence-electron chi connectivity index (χ3n) is 4.31. The number of anilines is 1. The third kappa shape index (κ3) is 5.33. The van der Waals surface area contributed by atoms with Crippen LogP contribution in [0.15, 0.2) is 18.2 Å². The van der Waals surface area contributed by atoms with E-state index in [0.29, 0.717) is 28.7 Å². The predicted molar refractivity (Wildman–Crippen MR) is 99.4 cm³/mol. The number of carbonyl (C=O) groups excluding carboxylic acids is 3. The lowest BCUT2D eigenvalue weighted by Gasteiger charge is -2.23. The molecule has 1 aliphatic carbocycles. The molecule has 140 valence electrons. The standard InChI is InChI=1S/C17H20Cl2N4O3/c18-10-6-11(19)8-13(7-10)20-16(25)14-2-1-5-23(14)9-15(24)22-17(26)21-12-3-4-12/h6-8,12,14H,1-5,9H2,(H,20,25)(H2,21,22,24,26)/t14-/m0/s1. The lowest BCUT2D eigenvalue weighted by atomic mass is 10.2. The van der Waals surface area contributed by atoms with E-state index < -0.39 is 18.0 Å². The maximum Gasteiger partial charge on any atom is 0.321 e. The summed E-state index contributed by atoms with van der Waals surface area (Å²) in [7, 11) is 0. The fraction of sp³-hybridized carbons (Fsp3) is 0.471. The molecular formula is C17H20Cl2N4O3. The van der Waals surface area contributed by atoms with Crippen molar-refractivity contribution in [1.29, 1.82) is 0 Å². The van der Waals surface area contributed by atoms with Crippen LogP contribution >= 0.6 is 23.2 Å². The molecule has 0 bridgehead atoms. The molecule has 4 amide bonds. The molecule has 1 saturated heterocycles. The summed E-state index contributed by atoms with van der Waals surface area (Å²) in [6.45, 7) is 0.610. The van der Waals surface area contributed by atoms with Crippen molar-refractivity contribution >= 4 is 46.7 Å². The van der Waals surface area contributed by atoms with Gasteiger partial charge in [0.25, 0.3) is 0 Å². The fourth-order valence-corrected chi connectivity index (χ4v) is 3.49. The number of hydrogen-bond donors (Lipinski definition) is 3. The van der Waals surface area contributed by atoms with Crippen molar-refractivity contribution in [2.75, 3.05) is 18.4 Å². The molecule has 26 heavy (non-hydrogen) atoms. The van der Waals surface area contributed by atoms with Gasteiger partial charge in [-0.2, -0.15) is 0 Å². The first-order valence-electron chi connectivity index (χ1n) is 8.52. The van der Waals surface area contributed by atoms with Crippen LogP contribution in [0.1, 0.15) is 25.7 Å². The Kier molecular flexibility index (Phi) is 6.01. The monoisotopic (exact) mass is 398 g/mol. The van der Waals surface area contributed by atoms with Gasteiger partial charge in [0.2, 0.25) is 11.8 Å². The van der Waals surface area contributed by atoms with Gasteiger partial charge in [-0.25, -0.2) is 4.79 Å². The van der Waals surface area contributed by atoms with Gasteiger partial charge in [0.15, 0.2) is 0 Å². The molecule has 2 aliphatic rings. The molecule has 3 rings (SSSR count). The van der Waals surface area contributed by atoms with Crippen molar-refractivity contribution in [1.82, 2.24) is 15.5 Å². The van der Waals surface area contributed by atoms with Crippen LogP contribution in [0.5, 0.6) is 0 Å². The Morgan fingerprint density at radius 1 is 1.08 bits per heavy atom. The lowest BCUT2D eigenvalue weighted by Crippen LogP contribution is -2.48. The number of amides is 4. The van der Waals surface area contributed by atoms with Gasteiger partial charge >= 0.3 is 6.03 Å². The van der Waals surface area contributed by atoms with Crippen LogP contribution in [0.2, 0.25) is 10.0 Å². The molecule has 0 aromatic heterocycles. The van der Waals surface area contributed by atoms with Gasteiger partial charge in [0.05, 0.1) is 12.6 Å². The Balaban J connectivity index is 1.53. The molecule has 0 radical (unpaired) electrons. The van der Waals surface area contributed by atoms with E-state index in [2.05, 4.69) is 16.0 Å². The number of likely N-dealkylation sites (tertiary alicyclic amines) is 1. The van der Waals surface area contributed by atoms with E-state index in [1.54, 1.807) is 23.1 Å². The number of halogens is 2. The number of urea groups is 1. The molecule has 1 heterocycles. The number of benzene rings is 1. The highest BCUT2D eigenvalue weighted by Gasteiger charge is 2.32. The zero-order valence-electron chi connectivity index (χ0n) is 14.1. The van der Waals surface area contributed by atoms with Gasteiger partial charge in [0, 0.05) is 21.8 Å². The molecular weight excluding hydrogens is 379 g/mol. The second-order valence-corrected chi connectivity index (χ2v) is 7.44. The van der Waals surface area contributed by atoms with Crippen molar-refractivity contribution in [2.45, 2.75) is 37.8 Å². The van der Waals surface area contributed by atoms with Gasteiger partial charge in [-0.15, -0.1) is 0 Å². The summed E-state index contributed by atoms with van der Waals surface area (Å²) >= 11 is 11.9. The van der Waals surface area contributed by atoms with Crippen molar-refractivity contribution in [3.05, 3.63) is 28.2 Å². The Morgan fingerprint density at radius 2 is 1.77 bits per heavy atom. The van der Waals surface area contributed by atoms with Crippen LogP contribution < -0.4 is 16.0 Å². The number of hydrogen-bond acceptors (Lipinski definition) is 4. The predicted octanol–water partition coefficient (Wildman–Crippen LogP) is 2.38. The summed E-state index contributed by atoms with van der Waals surface area (Å²) in [4.78, 5) is 38.0. The largest absolute Gasteiger partial charge is 0.335 e. The second kappa shape index (κ2) is 8.24. The average Bonchev–Trinajstić information content (AvgIpc) is 3.21. The third-order valence-corrected chi connectivity index (χ3v) is 4.75. The van der Waals surface area contributed by atoms with Crippen molar-refractivity contribution in [2.24, 2.45) is 0 Å². The molecule has 1 aromatic carbocycles. The topological polar surface area (TPSA) is 90.5 Å². The normalized spacial score (nSPS) is 19.8. The Bertz CT molecular complexity index is 704. The molecule has 7 nitrogen and oxygen atoms in total. The van der Waals surface area contributed by atoms with Crippen molar-refractivity contribution < 1.29 is 14.4 Å².